The molecule has 0 aromatic rings. The largest absolute Gasteiger partial charge is 0.480 e. The van der Waals surface area contributed by atoms with Crippen molar-refractivity contribution in [2.45, 2.75) is 24.8 Å². The van der Waals surface area contributed by atoms with Crippen molar-refractivity contribution >= 4 is 5.97 Å². The molecule has 3 aliphatic rings. The third-order valence-corrected chi connectivity index (χ3v) is 3.78. The fraction of sp³-hybridized carbons (Fsp3) is 0.700. The fourth-order valence-corrected chi connectivity index (χ4v) is 2.85. The van der Waals surface area contributed by atoms with Crippen LogP contribution in [0.4, 0.5) is 0 Å². The van der Waals surface area contributed by atoms with Gasteiger partial charge >= 0.3 is 5.97 Å². The summed E-state index contributed by atoms with van der Waals surface area (Å²) in [5, 5.41) is 9.24. The SMILES string of the molecule is O=C(O)C12C=CCN1CC1(CC1)C2. The van der Waals surface area contributed by atoms with Gasteiger partial charge in [-0.3, -0.25) is 4.90 Å². The molecular formula is C10H13NO2. The monoisotopic (exact) mass is 179 g/mol. The van der Waals surface area contributed by atoms with Gasteiger partial charge in [-0.2, -0.15) is 0 Å². The van der Waals surface area contributed by atoms with Gasteiger partial charge in [-0.1, -0.05) is 12.2 Å². The molecule has 1 saturated heterocycles. The zero-order valence-corrected chi connectivity index (χ0v) is 7.49. The van der Waals surface area contributed by atoms with Crippen LogP contribution in [0.1, 0.15) is 19.3 Å². The molecule has 2 aliphatic heterocycles. The number of carboxylic acid groups (broad SMARTS) is 1. The fourth-order valence-electron chi connectivity index (χ4n) is 2.85. The number of hydrogen-bond donors (Lipinski definition) is 1. The summed E-state index contributed by atoms with van der Waals surface area (Å²) >= 11 is 0. The maximum absolute atomic E-state index is 11.2. The zero-order chi connectivity index (χ0) is 9.10. The summed E-state index contributed by atoms with van der Waals surface area (Å²) < 4.78 is 0. The molecule has 1 aliphatic carbocycles. The van der Waals surface area contributed by atoms with Crippen LogP contribution in [0.3, 0.4) is 0 Å². The lowest BCUT2D eigenvalue weighted by Crippen LogP contribution is -2.45. The number of carbonyl (C=O) groups is 1. The summed E-state index contributed by atoms with van der Waals surface area (Å²) in [6, 6.07) is 0. The molecule has 0 bridgehead atoms. The normalized spacial score (nSPS) is 39.7. The number of aliphatic carboxylic acids is 1. The van der Waals surface area contributed by atoms with Gasteiger partial charge in [-0.25, -0.2) is 4.79 Å². The van der Waals surface area contributed by atoms with E-state index in [0.29, 0.717) is 5.41 Å². The maximum atomic E-state index is 11.2. The Hall–Kier alpha value is -0.830. The molecule has 0 radical (unpaired) electrons. The molecule has 1 spiro atoms. The van der Waals surface area contributed by atoms with Gasteiger partial charge in [-0.05, 0) is 24.7 Å². The highest BCUT2D eigenvalue weighted by atomic mass is 16.4. The van der Waals surface area contributed by atoms with E-state index in [9.17, 15) is 9.90 Å². The van der Waals surface area contributed by atoms with Crippen LogP contribution in [0.15, 0.2) is 12.2 Å². The molecule has 1 atom stereocenters. The van der Waals surface area contributed by atoms with E-state index in [0.717, 1.165) is 19.5 Å². The van der Waals surface area contributed by atoms with Crippen LogP contribution >= 0.6 is 0 Å². The number of nitrogens with zero attached hydrogens (tertiary/aromatic N) is 1. The van der Waals surface area contributed by atoms with Crippen molar-refractivity contribution in [3.8, 4) is 0 Å². The molecule has 70 valence electrons. The van der Waals surface area contributed by atoms with E-state index < -0.39 is 11.5 Å². The summed E-state index contributed by atoms with van der Waals surface area (Å²) in [7, 11) is 0. The molecule has 3 rings (SSSR count). The van der Waals surface area contributed by atoms with Gasteiger partial charge in [0.05, 0.1) is 0 Å². The van der Waals surface area contributed by atoms with Crippen LogP contribution in [0.25, 0.3) is 0 Å². The van der Waals surface area contributed by atoms with E-state index in [2.05, 4.69) is 4.90 Å². The lowest BCUT2D eigenvalue weighted by Gasteiger charge is -2.25. The summed E-state index contributed by atoms with van der Waals surface area (Å²) in [6.07, 6.45) is 7.18. The molecule has 2 fully saturated rings. The van der Waals surface area contributed by atoms with E-state index in [1.165, 1.54) is 12.8 Å². The Morgan fingerprint density at radius 2 is 2.23 bits per heavy atom. The highest BCUT2D eigenvalue weighted by Crippen LogP contribution is 2.59. The van der Waals surface area contributed by atoms with Gasteiger partial charge in [-0.15, -0.1) is 0 Å². The Morgan fingerprint density at radius 3 is 2.77 bits per heavy atom. The van der Waals surface area contributed by atoms with Crippen LogP contribution in [-0.4, -0.2) is 34.6 Å². The Morgan fingerprint density at radius 1 is 1.46 bits per heavy atom. The summed E-state index contributed by atoms with van der Waals surface area (Å²) in [5.41, 5.74) is -0.250. The third kappa shape index (κ3) is 0.804. The van der Waals surface area contributed by atoms with Crippen molar-refractivity contribution in [1.29, 1.82) is 0 Å². The predicted molar refractivity (Wildman–Crippen MR) is 47.4 cm³/mol. The van der Waals surface area contributed by atoms with Gasteiger partial charge in [0.2, 0.25) is 0 Å². The van der Waals surface area contributed by atoms with Gasteiger partial charge < -0.3 is 5.11 Å². The van der Waals surface area contributed by atoms with Gasteiger partial charge in [0.1, 0.15) is 5.54 Å². The maximum Gasteiger partial charge on any atom is 0.328 e. The van der Waals surface area contributed by atoms with E-state index in [4.69, 9.17) is 0 Å². The first-order valence-corrected chi connectivity index (χ1v) is 4.83. The highest BCUT2D eigenvalue weighted by Gasteiger charge is 2.62. The van der Waals surface area contributed by atoms with E-state index in [1.54, 1.807) is 0 Å². The molecular weight excluding hydrogens is 166 g/mol. The number of fused-ring (bicyclic) bond motifs is 1. The predicted octanol–water partition coefficient (Wildman–Crippen LogP) is 0.865. The van der Waals surface area contributed by atoms with Crippen LogP contribution in [0.5, 0.6) is 0 Å². The quantitative estimate of drug-likeness (QED) is 0.607. The topological polar surface area (TPSA) is 40.5 Å². The first-order chi connectivity index (χ1) is 6.17. The summed E-state index contributed by atoms with van der Waals surface area (Å²) in [5.74, 6) is -0.662. The Labute approximate surface area is 77.0 Å². The molecule has 0 amide bonds. The Bertz CT molecular complexity index is 306. The van der Waals surface area contributed by atoms with Gasteiger partial charge in [0.15, 0.2) is 0 Å². The van der Waals surface area contributed by atoms with Crippen molar-refractivity contribution in [1.82, 2.24) is 4.90 Å². The van der Waals surface area contributed by atoms with E-state index in [1.807, 2.05) is 12.2 Å². The minimum Gasteiger partial charge on any atom is -0.480 e. The van der Waals surface area contributed by atoms with Crippen molar-refractivity contribution in [2.24, 2.45) is 5.41 Å². The molecule has 3 heteroatoms. The lowest BCUT2D eigenvalue weighted by molar-refractivity contribution is -0.145. The van der Waals surface area contributed by atoms with Crippen molar-refractivity contribution in [3.05, 3.63) is 12.2 Å². The van der Waals surface area contributed by atoms with E-state index >= 15 is 0 Å². The van der Waals surface area contributed by atoms with Crippen LogP contribution in [-0.2, 0) is 4.79 Å². The Kier molecular flexibility index (Phi) is 1.15. The molecule has 1 N–H and O–H groups in total. The first kappa shape index (κ1) is 7.56. The minimum absolute atomic E-state index is 0.378. The number of carboxylic acids is 1. The minimum atomic E-state index is -0.662. The molecule has 13 heavy (non-hydrogen) atoms. The molecule has 1 unspecified atom stereocenters. The summed E-state index contributed by atoms with van der Waals surface area (Å²) in [6.45, 7) is 1.82. The molecule has 2 heterocycles. The second kappa shape index (κ2) is 1.98. The van der Waals surface area contributed by atoms with Crippen LogP contribution in [0.2, 0.25) is 0 Å². The molecule has 3 nitrogen and oxygen atoms in total. The zero-order valence-electron chi connectivity index (χ0n) is 7.49. The first-order valence-electron chi connectivity index (χ1n) is 4.83. The summed E-state index contributed by atoms with van der Waals surface area (Å²) in [4.78, 5) is 13.3. The number of rotatable bonds is 1. The van der Waals surface area contributed by atoms with Crippen molar-refractivity contribution in [2.75, 3.05) is 13.1 Å². The second-order valence-corrected chi connectivity index (χ2v) is 4.69. The van der Waals surface area contributed by atoms with Crippen LogP contribution < -0.4 is 0 Å². The van der Waals surface area contributed by atoms with Crippen molar-refractivity contribution in [3.63, 3.8) is 0 Å². The second-order valence-electron chi connectivity index (χ2n) is 4.69. The van der Waals surface area contributed by atoms with E-state index in [-0.39, 0.29) is 0 Å². The van der Waals surface area contributed by atoms with Gasteiger partial charge in [0, 0.05) is 13.1 Å². The molecule has 0 aromatic heterocycles. The molecule has 0 aromatic carbocycles. The average Bonchev–Trinajstić information content (AvgIpc) is 2.50. The van der Waals surface area contributed by atoms with Crippen molar-refractivity contribution < 1.29 is 9.90 Å². The standard InChI is InChI=1S/C10H13NO2/c12-8(13)10-2-1-5-11(10)7-9(6-10)3-4-9/h1-2H,3-7H2,(H,12,13). The number of hydrogen-bond acceptors (Lipinski definition) is 2. The van der Waals surface area contributed by atoms with Crippen LogP contribution in [0, 0.1) is 5.41 Å². The lowest BCUT2D eigenvalue weighted by atomic mass is 9.91. The molecule has 1 saturated carbocycles. The van der Waals surface area contributed by atoms with Gasteiger partial charge in [0.25, 0.3) is 0 Å². The smallest absolute Gasteiger partial charge is 0.328 e. The Balaban J connectivity index is 1.99. The average molecular weight is 179 g/mol. The highest BCUT2D eigenvalue weighted by molar-refractivity contribution is 5.83. The third-order valence-electron chi connectivity index (χ3n) is 3.78.